The Morgan fingerprint density at radius 1 is 1.53 bits per heavy atom. The van der Waals surface area contributed by atoms with E-state index in [2.05, 4.69) is 15.3 Å². The van der Waals surface area contributed by atoms with E-state index < -0.39 is 4.92 Å². The minimum absolute atomic E-state index is 0.0170. The number of rotatable bonds is 5. The van der Waals surface area contributed by atoms with Gasteiger partial charge in [-0.05, 0) is 13.0 Å². The molecule has 0 saturated carbocycles. The third-order valence-electron chi connectivity index (χ3n) is 2.53. The number of aryl methyl sites for hydroxylation is 1. The Bertz CT molecular complexity index is 581. The Morgan fingerprint density at radius 2 is 2.32 bits per heavy atom. The highest BCUT2D eigenvalue weighted by molar-refractivity contribution is 7.15. The fraction of sp³-hybridized carbons (Fsp3) is 0.273. The number of anilines is 2. The van der Waals surface area contributed by atoms with Gasteiger partial charge in [0.15, 0.2) is 5.13 Å². The number of nitrogens with two attached hydrogens (primary N) is 1. The number of hydrogen-bond donors (Lipinski definition) is 2. The van der Waals surface area contributed by atoms with E-state index in [1.54, 1.807) is 6.07 Å². The average Bonchev–Trinajstić information content (AvgIpc) is 2.68. The molecule has 19 heavy (non-hydrogen) atoms. The summed E-state index contributed by atoms with van der Waals surface area (Å²) in [4.78, 5) is 19.3. The quantitative estimate of drug-likeness (QED) is 0.640. The van der Waals surface area contributed by atoms with Crippen LogP contribution in [-0.2, 0) is 6.42 Å². The summed E-state index contributed by atoms with van der Waals surface area (Å²) in [6.45, 7) is 2.60. The maximum absolute atomic E-state index is 10.5. The van der Waals surface area contributed by atoms with Gasteiger partial charge in [-0.25, -0.2) is 9.97 Å². The maximum atomic E-state index is 10.5. The van der Waals surface area contributed by atoms with E-state index in [9.17, 15) is 10.1 Å². The number of nitrogens with one attached hydrogen (secondary N) is 1. The Morgan fingerprint density at radius 3 is 2.84 bits per heavy atom. The zero-order chi connectivity index (χ0) is 13.8. The first kappa shape index (κ1) is 13.2. The van der Waals surface area contributed by atoms with E-state index in [0.717, 1.165) is 17.0 Å². The first-order chi connectivity index (χ1) is 9.06. The van der Waals surface area contributed by atoms with Crippen molar-refractivity contribution >= 4 is 28.0 Å². The lowest BCUT2D eigenvalue weighted by atomic mass is 10.3. The molecule has 0 fully saturated rings. The van der Waals surface area contributed by atoms with E-state index >= 15 is 0 Å². The molecular weight excluding hydrogens is 266 g/mol. The van der Waals surface area contributed by atoms with Crippen LogP contribution in [0.25, 0.3) is 0 Å². The van der Waals surface area contributed by atoms with Crippen molar-refractivity contribution in [1.82, 2.24) is 9.97 Å². The highest BCUT2D eigenvalue weighted by atomic mass is 32.1. The van der Waals surface area contributed by atoms with Gasteiger partial charge in [0.25, 0.3) is 5.69 Å². The van der Waals surface area contributed by atoms with E-state index in [-0.39, 0.29) is 5.69 Å². The Labute approximate surface area is 113 Å². The second-order valence-electron chi connectivity index (χ2n) is 3.90. The zero-order valence-electron chi connectivity index (χ0n) is 10.3. The predicted molar refractivity (Wildman–Crippen MR) is 74.3 cm³/mol. The molecule has 0 bridgehead atoms. The lowest BCUT2D eigenvalue weighted by Gasteiger charge is -2.04. The van der Waals surface area contributed by atoms with Crippen LogP contribution in [0.4, 0.5) is 16.6 Å². The molecule has 0 amide bonds. The Hall–Kier alpha value is -2.22. The second kappa shape index (κ2) is 5.61. The molecule has 3 N–H and O–H groups in total. The van der Waals surface area contributed by atoms with Gasteiger partial charge in [0, 0.05) is 23.9 Å². The van der Waals surface area contributed by atoms with Gasteiger partial charge >= 0.3 is 0 Å². The number of pyridine rings is 1. The summed E-state index contributed by atoms with van der Waals surface area (Å²) in [7, 11) is 0. The molecule has 8 heteroatoms. The highest BCUT2D eigenvalue weighted by Gasteiger charge is 2.06. The summed E-state index contributed by atoms with van der Waals surface area (Å²) in [5.74, 6) is 0.612. The van der Waals surface area contributed by atoms with Gasteiger partial charge in [-0.15, -0.1) is 11.3 Å². The molecule has 0 aliphatic heterocycles. The van der Waals surface area contributed by atoms with Crippen molar-refractivity contribution in [3.05, 3.63) is 39.0 Å². The van der Waals surface area contributed by atoms with Crippen LogP contribution in [0, 0.1) is 17.0 Å². The summed E-state index contributed by atoms with van der Waals surface area (Å²) in [5, 5.41) is 14.1. The molecular formula is C11H13N5O2S. The molecule has 0 aliphatic rings. The summed E-state index contributed by atoms with van der Waals surface area (Å²) in [5.41, 5.74) is 6.55. The van der Waals surface area contributed by atoms with Crippen LogP contribution in [-0.4, -0.2) is 21.4 Å². The molecule has 2 rings (SSSR count). The van der Waals surface area contributed by atoms with Gasteiger partial charge in [0.2, 0.25) is 0 Å². The lowest BCUT2D eigenvalue weighted by Crippen LogP contribution is -2.06. The minimum atomic E-state index is -0.472. The molecule has 0 aromatic carbocycles. The number of nitrogen functional groups attached to an aromatic ring is 1. The Balaban J connectivity index is 1.89. The maximum Gasteiger partial charge on any atom is 0.287 e. The van der Waals surface area contributed by atoms with Crippen molar-refractivity contribution in [3.63, 3.8) is 0 Å². The van der Waals surface area contributed by atoms with Crippen LogP contribution in [0.5, 0.6) is 0 Å². The van der Waals surface area contributed by atoms with Gasteiger partial charge in [-0.1, -0.05) is 0 Å². The molecule has 2 aromatic rings. The molecule has 0 radical (unpaired) electrons. The van der Waals surface area contributed by atoms with Crippen LogP contribution in [0.1, 0.15) is 10.6 Å². The number of nitrogens with zero attached hydrogens (tertiary/aromatic N) is 3. The van der Waals surface area contributed by atoms with Gasteiger partial charge in [-0.3, -0.25) is 10.1 Å². The van der Waals surface area contributed by atoms with E-state index in [1.165, 1.54) is 23.6 Å². The van der Waals surface area contributed by atoms with Gasteiger partial charge in [0.1, 0.15) is 12.0 Å². The van der Waals surface area contributed by atoms with Crippen LogP contribution >= 0.6 is 11.3 Å². The van der Waals surface area contributed by atoms with E-state index in [0.29, 0.717) is 17.5 Å². The van der Waals surface area contributed by atoms with Crippen LogP contribution in [0.3, 0.4) is 0 Å². The second-order valence-corrected chi connectivity index (χ2v) is 5.01. The van der Waals surface area contributed by atoms with Crippen molar-refractivity contribution in [2.45, 2.75) is 13.3 Å². The molecule has 0 unspecified atom stereocenters. The van der Waals surface area contributed by atoms with Crippen molar-refractivity contribution in [1.29, 1.82) is 0 Å². The number of hydrogen-bond acceptors (Lipinski definition) is 7. The number of nitro groups is 1. The first-order valence-electron chi connectivity index (χ1n) is 5.62. The van der Waals surface area contributed by atoms with E-state index in [4.69, 9.17) is 5.73 Å². The first-order valence-corrected chi connectivity index (χ1v) is 6.44. The highest BCUT2D eigenvalue weighted by Crippen LogP contribution is 2.20. The van der Waals surface area contributed by atoms with E-state index in [1.807, 2.05) is 6.92 Å². The van der Waals surface area contributed by atoms with Gasteiger partial charge in [0.05, 0.1) is 10.6 Å². The monoisotopic (exact) mass is 279 g/mol. The average molecular weight is 279 g/mol. The molecule has 0 aliphatic carbocycles. The predicted octanol–water partition coefficient (Wildman–Crippen LogP) is 1.99. The van der Waals surface area contributed by atoms with Gasteiger partial charge in [-0.2, -0.15) is 0 Å². The van der Waals surface area contributed by atoms with Crippen molar-refractivity contribution in [2.24, 2.45) is 0 Å². The van der Waals surface area contributed by atoms with Crippen LogP contribution in [0.15, 0.2) is 18.3 Å². The fourth-order valence-corrected chi connectivity index (χ4v) is 2.42. The smallest absolute Gasteiger partial charge is 0.287 e. The fourth-order valence-electron chi connectivity index (χ4n) is 1.59. The largest absolute Gasteiger partial charge is 0.375 e. The summed E-state index contributed by atoms with van der Waals surface area (Å²) < 4.78 is 0. The molecule has 2 heterocycles. The SMILES string of the molecule is Cc1nc(N)sc1CCNc1ccc([N+](=O)[O-])cn1. The third kappa shape index (κ3) is 3.38. The van der Waals surface area contributed by atoms with Crippen molar-refractivity contribution in [2.75, 3.05) is 17.6 Å². The lowest BCUT2D eigenvalue weighted by molar-refractivity contribution is -0.385. The Kier molecular flexibility index (Phi) is 3.91. The molecule has 0 spiro atoms. The third-order valence-corrected chi connectivity index (χ3v) is 3.57. The molecule has 0 saturated heterocycles. The molecule has 2 aromatic heterocycles. The standard InChI is InChI=1S/C11H13N5O2S/c1-7-9(19-11(12)15-7)4-5-13-10-3-2-8(6-14-10)16(17)18/h2-3,6H,4-5H2,1H3,(H2,12,15)(H,13,14). The zero-order valence-corrected chi connectivity index (χ0v) is 11.1. The summed E-state index contributed by atoms with van der Waals surface area (Å²) in [6.07, 6.45) is 2.03. The molecule has 0 atom stereocenters. The van der Waals surface area contributed by atoms with Crippen molar-refractivity contribution < 1.29 is 4.92 Å². The normalized spacial score (nSPS) is 10.4. The topological polar surface area (TPSA) is 107 Å². The van der Waals surface area contributed by atoms with Crippen molar-refractivity contribution in [3.8, 4) is 0 Å². The van der Waals surface area contributed by atoms with Gasteiger partial charge < -0.3 is 11.1 Å². The number of thiazole rings is 1. The minimum Gasteiger partial charge on any atom is -0.375 e. The molecule has 7 nitrogen and oxygen atoms in total. The van der Waals surface area contributed by atoms with Crippen LogP contribution in [0.2, 0.25) is 0 Å². The number of aromatic nitrogens is 2. The molecule has 100 valence electrons. The summed E-state index contributed by atoms with van der Waals surface area (Å²) in [6, 6.07) is 3.01. The van der Waals surface area contributed by atoms with Crippen LogP contribution < -0.4 is 11.1 Å². The summed E-state index contributed by atoms with van der Waals surface area (Å²) >= 11 is 1.47.